The smallest absolute Gasteiger partial charge is 0.250 e. The van der Waals surface area contributed by atoms with Crippen molar-refractivity contribution in [1.29, 1.82) is 0 Å². The van der Waals surface area contributed by atoms with Gasteiger partial charge >= 0.3 is 0 Å². The van der Waals surface area contributed by atoms with Crippen molar-refractivity contribution in [1.82, 2.24) is 9.21 Å². The number of hydrogen-bond donors (Lipinski definition) is 1. The van der Waals surface area contributed by atoms with Gasteiger partial charge in [-0.25, -0.2) is 17.2 Å². The summed E-state index contributed by atoms with van der Waals surface area (Å²) in [6.07, 6.45) is 1.07. The zero-order chi connectivity index (χ0) is 14.3. The summed E-state index contributed by atoms with van der Waals surface area (Å²) in [4.78, 5) is 1.79. The molecular formula is C11H20F2N2O3S. The van der Waals surface area contributed by atoms with Gasteiger partial charge in [0.2, 0.25) is 10.0 Å². The highest BCUT2D eigenvalue weighted by Crippen LogP contribution is 2.30. The van der Waals surface area contributed by atoms with E-state index in [1.807, 2.05) is 0 Å². The maximum Gasteiger partial charge on any atom is 0.250 e. The van der Waals surface area contributed by atoms with Crippen LogP contribution in [0.5, 0.6) is 0 Å². The summed E-state index contributed by atoms with van der Waals surface area (Å²) in [7, 11) is -3.30. The molecule has 0 radical (unpaired) electrons. The van der Waals surface area contributed by atoms with Crippen LogP contribution < -0.4 is 0 Å². The molecule has 2 heterocycles. The van der Waals surface area contributed by atoms with E-state index in [9.17, 15) is 22.3 Å². The Hall–Kier alpha value is -0.310. The molecule has 0 saturated carbocycles. The number of sulfonamides is 1. The largest absolute Gasteiger partial charge is 0.387 e. The van der Waals surface area contributed by atoms with Crippen LogP contribution in [0.1, 0.15) is 19.3 Å². The number of likely N-dealkylation sites (tertiary alicyclic amines) is 1. The van der Waals surface area contributed by atoms with Gasteiger partial charge in [-0.2, -0.15) is 4.31 Å². The number of β-amino-alcohol motifs (C(OH)–C–C–N with tert-alkyl or cyclic N) is 1. The Morgan fingerprint density at radius 1 is 1.16 bits per heavy atom. The van der Waals surface area contributed by atoms with Crippen LogP contribution in [0.3, 0.4) is 0 Å². The molecule has 2 fully saturated rings. The minimum atomic E-state index is -3.30. The van der Waals surface area contributed by atoms with E-state index in [2.05, 4.69) is 0 Å². The molecule has 2 rings (SSSR count). The molecule has 0 aliphatic carbocycles. The molecule has 0 aromatic carbocycles. The molecule has 2 aliphatic rings. The molecule has 1 atom stereocenters. The van der Waals surface area contributed by atoms with Crippen molar-refractivity contribution in [2.24, 2.45) is 0 Å². The van der Waals surface area contributed by atoms with Gasteiger partial charge in [0.05, 0.1) is 11.9 Å². The van der Waals surface area contributed by atoms with Gasteiger partial charge in [0.15, 0.2) is 0 Å². The predicted molar refractivity (Wildman–Crippen MR) is 66.6 cm³/mol. The molecule has 2 aliphatic heterocycles. The lowest BCUT2D eigenvalue weighted by molar-refractivity contribution is -0.0716. The summed E-state index contributed by atoms with van der Waals surface area (Å²) in [5.41, 5.74) is -1.12. The topological polar surface area (TPSA) is 60.9 Å². The Kier molecular flexibility index (Phi) is 3.90. The van der Waals surface area contributed by atoms with Crippen LogP contribution in [0.15, 0.2) is 0 Å². The highest BCUT2D eigenvalue weighted by molar-refractivity contribution is 7.88. The summed E-state index contributed by atoms with van der Waals surface area (Å²) in [6, 6.07) is 0. The van der Waals surface area contributed by atoms with Crippen LogP contribution >= 0.6 is 0 Å². The maximum absolute atomic E-state index is 13.0. The lowest BCUT2D eigenvalue weighted by Crippen LogP contribution is -2.49. The Morgan fingerprint density at radius 2 is 1.74 bits per heavy atom. The fourth-order valence-electron chi connectivity index (χ4n) is 2.69. The third-order valence-electron chi connectivity index (χ3n) is 3.87. The Morgan fingerprint density at radius 3 is 2.21 bits per heavy atom. The number of aliphatic hydroxyl groups is 1. The number of nitrogens with zero attached hydrogens (tertiary/aromatic N) is 2. The van der Waals surface area contributed by atoms with Crippen LogP contribution in [-0.4, -0.2) is 73.2 Å². The first-order valence-electron chi connectivity index (χ1n) is 6.37. The van der Waals surface area contributed by atoms with Crippen LogP contribution in [0.4, 0.5) is 8.78 Å². The molecule has 1 unspecified atom stereocenters. The van der Waals surface area contributed by atoms with Gasteiger partial charge in [-0.3, -0.25) is 4.90 Å². The number of halogens is 2. The second-order valence-corrected chi connectivity index (χ2v) is 7.69. The zero-order valence-electron chi connectivity index (χ0n) is 11.0. The van der Waals surface area contributed by atoms with Crippen molar-refractivity contribution < 1.29 is 22.3 Å². The van der Waals surface area contributed by atoms with Gasteiger partial charge < -0.3 is 5.11 Å². The molecule has 5 nitrogen and oxygen atoms in total. The lowest BCUT2D eigenvalue weighted by atomic mass is 10.00. The second-order valence-electron chi connectivity index (χ2n) is 5.70. The fraction of sp³-hybridized carbons (Fsp3) is 1.00. The van der Waals surface area contributed by atoms with Crippen molar-refractivity contribution >= 4 is 10.0 Å². The number of rotatable bonds is 3. The highest BCUT2D eigenvalue weighted by Gasteiger charge is 2.42. The van der Waals surface area contributed by atoms with Gasteiger partial charge in [-0.1, -0.05) is 0 Å². The standard InChI is InChI=1S/C11H20F2N2O3S/c1-19(17,18)15-7-2-10(16,9-15)8-14-5-3-11(12,13)4-6-14/h16H,2-9H2,1H3. The average Bonchev–Trinajstić information content (AvgIpc) is 2.64. The van der Waals surface area contributed by atoms with E-state index in [1.165, 1.54) is 4.31 Å². The molecule has 0 amide bonds. The number of hydrogen-bond acceptors (Lipinski definition) is 4. The summed E-state index contributed by atoms with van der Waals surface area (Å²) in [6.45, 7) is 1.09. The van der Waals surface area contributed by atoms with E-state index < -0.39 is 21.5 Å². The van der Waals surface area contributed by atoms with Crippen molar-refractivity contribution in [3.63, 3.8) is 0 Å². The lowest BCUT2D eigenvalue weighted by Gasteiger charge is -2.36. The van der Waals surface area contributed by atoms with Crippen LogP contribution in [-0.2, 0) is 10.0 Å². The zero-order valence-corrected chi connectivity index (χ0v) is 11.8. The van der Waals surface area contributed by atoms with E-state index in [4.69, 9.17) is 0 Å². The first kappa shape index (κ1) is 15.1. The fourth-order valence-corrected chi connectivity index (χ4v) is 3.58. The molecule has 112 valence electrons. The van der Waals surface area contributed by atoms with Crippen LogP contribution in [0, 0.1) is 0 Å². The van der Waals surface area contributed by atoms with Gasteiger partial charge in [0, 0.05) is 45.6 Å². The molecule has 1 N–H and O–H groups in total. The highest BCUT2D eigenvalue weighted by atomic mass is 32.2. The summed E-state index contributed by atoms with van der Waals surface area (Å²) in [5.74, 6) is -2.60. The molecular weight excluding hydrogens is 278 g/mol. The first-order valence-corrected chi connectivity index (χ1v) is 8.22. The van der Waals surface area contributed by atoms with Crippen LogP contribution in [0.2, 0.25) is 0 Å². The minimum Gasteiger partial charge on any atom is -0.387 e. The molecule has 0 aromatic rings. The monoisotopic (exact) mass is 298 g/mol. The van der Waals surface area contributed by atoms with E-state index in [1.54, 1.807) is 4.90 Å². The number of piperidine rings is 1. The van der Waals surface area contributed by atoms with Gasteiger partial charge in [-0.05, 0) is 6.42 Å². The SMILES string of the molecule is CS(=O)(=O)N1CCC(O)(CN2CCC(F)(F)CC2)C1. The van der Waals surface area contributed by atoms with E-state index in [-0.39, 0.29) is 39.0 Å². The van der Waals surface area contributed by atoms with Gasteiger partial charge in [-0.15, -0.1) is 0 Å². The Balaban J connectivity index is 1.90. The first-order chi connectivity index (χ1) is 8.60. The average molecular weight is 298 g/mol. The maximum atomic E-state index is 13.0. The van der Waals surface area contributed by atoms with Gasteiger partial charge in [0.25, 0.3) is 5.92 Å². The Labute approximate surface area is 112 Å². The molecule has 0 spiro atoms. The number of alkyl halides is 2. The van der Waals surface area contributed by atoms with Crippen molar-refractivity contribution in [2.45, 2.75) is 30.8 Å². The van der Waals surface area contributed by atoms with Crippen molar-refractivity contribution in [3.8, 4) is 0 Å². The van der Waals surface area contributed by atoms with Crippen LogP contribution in [0.25, 0.3) is 0 Å². The summed E-state index contributed by atoms with van der Waals surface area (Å²) >= 11 is 0. The molecule has 19 heavy (non-hydrogen) atoms. The van der Waals surface area contributed by atoms with Gasteiger partial charge in [0.1, 0.15) is 0 Å². The van der Waals surface area contributed by atoms with Crippen molar-refractivity contribution in [2.75, 3.05) is 39.0 Å². The van der Waals surface area contributed by atoms with E-state index in [0.29, 0.717) is 13.0 Å². The molecule has 2 saturated heterocycles. The van der Waals surface area contributed by atoms with Crippen molar-refractivity contribution in [3.05, 3.63) is 0 Å². The normalized spacial score (nSPS) is 33.7. The third-order valence-corrected chi connectivity index (χ3v) is 5.12. The summed E-state index contributed by atoms with van der Waals surface area (Å²) < 4.78 is 50.1. The van der Waals surface area contributed by atoms with E-state index >= 15 is 0 Å². The third kappa shape index (κ3) is 3.84. The predicted octanol–water partition coefficient (Wildman–Crippen LogP) is 0.114. The van der Waals surface area contributed by atoms with E-state index in [0.717, 1.165) is 6.26 Å². The second kappa shape index (κ2) is 4.91. The molecule has 8 heteroatoms. The molecule has 0 aromatic heterocycles. The minimum absolute atomic E-state index is 0.0543. The Bertz CT molecular complexity index is 433. The summed E-state index contributed by atoms with van der Waals surface area (Å²) in [5, 5.41) is 10.4. The molecule has 0 bridgehead atoms. The quantitative estimate of drug-likeness (QED) is 0.803.